The molecule has 1 aromatic heterocycles. The number of fused-ring (bicyclic) bond motifs is 1. The number of carboxylic acids is 1. The largest absolute Gasteiger partial charge is 0.477 e. The molecule has 0 saturated carbocycles. The summed E-state index contributed by atoms with van der Waals surface area (Å²) in [5.74, 6) is -1.17. The molecule has 2 rings (SSSR count). The lowest BCUT2D eigenvalue weighted by molar-refractivity contribution is -0.0497. The third kappa shape index (κ3) is 2.32. The molecular weight excluding hydrogens is 274 g/mol. The molecule has 0 radical (unpaired) electrons. The van der Waals surface area contributed by atoms with Crippen molar-refractivity contribution in [3.8, 4) is 5.75 Å². The van der Waals surface area contributed by atoms with Crippen molar-refractivity contribution < 1.29 is 23.4 Å². The van der Waals surface area contributed by atoms with E-state index in [9.17, 15) is 13.6 Å². The van der Waals surface area contributed by atoms with Gasteiger partial charge < -0.3 is 9.84 Å². The first-order chi connectivity index (χ1) is 7.99. The molecule has 0 aliphatic heterocycles. The van der Waals surface area contributed by atoms with E-state index in [2.05, 4.69) is 4.74 Å². The van der Waals surface area contributed by atoms with Crippen molar-refractivity contribution in [1.29, 1.82) is 0 Å². The van der Waals surface area contributed by atoms with Crippen molar-refractivity contribution in [1.82, 2.24) is 0 Å². The van der Waals surface area contributed by atoms with Gasteiger partial charge in [-0.05, 0) is 18.2 Å². The van der Waals surface area contributed by atoms with E-state index in [4.69, 9.17) is 16.7 Å². The van der Waals surface area contributed by atoms with Crippen molar-refractivity contribution in [2.75, 3.05) is 0 Å². The minimum atomic E-state index is -2.91. The molecule has 2 aromatic rings. The van der Waals surface area contributed by atoms with Gasteiger partial charge in [0.25, 0.3) is 0 Å². The van der Waals surface area contributed by atoms with Crippen molar-refractivity contribution in [2.24, 2.45) is 0 Å². The number of hydrogen-bond acceptors (Lipinski definition) is 3. The van der Waals surface area contributed by atoms with Crippen molar-refractivity contribution in [3.63, 3.8) is 0 Å². The number of benzene rings is 1. The van der Waals surface area contributed by atoms with Crippen LogP contribution in [-0.4, -0.2) is 17.7 Å². The molecule has 0 spiro atoms. The predicted octanol–water partition coefficient (Wildman–Crippen LogP) is 3.85. The van der Waals surface area contributed by atoms with Gasteiger partial charge in [-0.2, -0.15) is 8.78 Å². The van der Waals surface area contributed by atoms with Gasteiger partial charge in [-0.15, -0.1) is 11.3 Å². The number of halogens is 3. The zero-order valence-electron chi connectivity index (χ0n) is 8.12. The third-order valence-corrected chi connectivity index (χ3v) is 3.67. The van der Waals surface area contributed by atoms with Crippen LogP contribution in [0.2, 0.25) is 5.02 Å². The number of aromatic carboxylic acids is 1. The second kappa shape index (κ2) is 4.46. The molecule has 7 heteroatoms. The fourth-order valence-corrected chi connectivity index (χ4v) is 2.74. The zero-order chi connectivity index (χ0) is 12.6. The molecule has 0 bridgehead atoms. The first-order valence-corrected chi connectivity index (χ1v) is 5.58. The third-order valence-electron chi connectivity index (χ3n) is 2.02. The van der Waals surface area contributed by atoms with Crippen LogP contribution in [0, 0.1) is 0 Å². The molecule has 90 valence electrons. The van der Waals surface area contributed by atoms with Crippen LogP contribution in [0.5, 0.6) is 5.75 Å². The van der Waals surface area contributed by atoms with Crippen LogP contribution in [-0.2, 0) is 0 Å². The summed E-state index contributed by atoms with van der Waals surface area (Å²) in [5.41, 5.74) is 0. The molecule has 0 saturated heterocycles. The Morgan fingerprint density at radius 1 is 1.47 bits per heavy atom. The Balaban J connectivity index is 2.52. The van der Waals surface area contributed by atoms with Crippen molar-refractivity contribution >= 4 is 39.0 Å². The smallest absolute Gasteiger partial charge is 0.387 e. The van der Waals surface area contributed by atoms with E-state index in [0.29, 0.717) is 10.1 Å². The van der Waals surface area contributed by atoms with Gasteiger partial charge in [-0.1, -0.05) is 11.6 Å². The van der Waals surface area contributed by atoms with Gasteiger partial charge in [0.15, 0.2) is 0 Å². The molecular formula is C10H5ClF2O3S. The molecule has 0 atom stereocenters. The maximum atomic E-state index is 12.0. The number of thiophene rings is 1. The zero-order valence-corrected chi connectivity index (χ0v) is 9.69. The van der Waals surface area contributed by atoms with Crippen LogP contribution in [0.15, 0.2) is 18.2 Å². The average Bonchev–Trinajstić information content (AvgIpc) is 2.55. The summed E-state index contributed by atoms with van der Waals surface area (Å²) in [5, 5.41) is 9.48. The van der Waals surface area contributed by atoms with E-state index in [1.807, 2.05) is 0 Å². The van der Waals surface area contributed by atoms with Crippen LogP contribution >= 0.6 is 22.9 Å². The maximum absolute atomic E-state index is 12.0. The summed E-state index contributed by atoms with van der Waals surface area (Å²) in [6, 6.07) is 4.11. The van der Waals surface area contributed by atoms with Gasteiger partial charge in [0.05, 0.1) is 5.02 Å². The highest BCUT2D eigenvalue weighted by Crippen LogP contribution is 2.37. The Morgan fingerprint density at radius 2 is 2.18 bits per heavy atom. The van der Waals surface area contributed by atoms with Gasteiger partial charge in [-0.25, -0.2) is 4.79 Å². The normalized spacial score (nSPS) is 11.1. The molecule has 0 amide bonds. The van der Waals surface area contributed by atoms with Gasteiger partial charge in [0.1, 0.15) is 10.6 Å². The summed E-state index contributed by atoms with van der Waals surface area (Å²) < 4.78 is 28.7. The first kappa shape index (κ1) is 12.1. The van der Waals surface area contributed by atoms with Crippen LogP contribution in [0.3, 0.4) is 0 Å². The lowest BCUT2D eigenvalue weighted by Gasteiger charge is -2.03. The summed E-state index contributed by atoms with van der Waals surface area (Å²) in [6.07, 6.45) is 0. The highest BCUT2D eigenvalue weighted by atomic mass is 35.5. The van der Waals surface area contributed by atoms with E-state index >= 15 is 0 Å². The number of hydrogen-bond donors (Lipinski definition) is 1. The van der Waals surface area contributed by atoms with E-state index in [0.717, 1.165) is 11.3 Å². The standard InChI is InChI=1S/C10H5ClF2O3S/c11-7-5-2-1-4(16-10(12)13)3-6(5)17-8(7)9(14)15/h1-3,10H,(H,14,15). The van der Waals surface area contributed by atoms with Gasteiger partial charge in [0, 0.05) is 10.1 Å². The SMILES string of the molecule is O=C(O)c1sc2cc(OC(F)F)ccc2c1Cl. The quantitative estimate of drug-likeness (QED) is 0.927. The summed E-state index contributed by atoms with van der Waals surface area (Å²) in [4.78, 5) is 10.8. The number of carboxylic acid groups (broad SMARTS) is 1. The molecule has 1 heterocycles. The summed E-state index contributed by atoms with van der Waals surface area (Å²) in [7, 11) is 0. The van der Waals surface area contributed by atoms with Crippen LogP contribution in [0.25, 0.3) is 10.1 Å². The van der Waals surface area contributed by atoms with Gasteiger partial charge >= 0.3 is 12.6 Å². The van der Waals surface area contributed by atoms with E-state index in [1.165, 1.54) is 18.2 Å². The second-order valence-corrected chi connectivity index (χ2v) is 4.52. The van der Waals surface area contributed by atoms with Gasteiger partial charge in [0.2, 0.25) is 0 Å². The second-order valence-electron chi connectivity index (χ2n) is 3.09. The number of alkyl halides is 2. The Kier molecular flexibility index (Phi) is 3.17. The fraction of sp³-hybridized carbons (Fsp3) is 0.100. The number of carbonyl (C=O) groups is 1. The van der Waals surface area contributed by atoms with Crippen LogP contribution in [0.1, 0.15) is 9.67 Å². The topological polar surface area (TPSA) is 46.5 Å². The average molecular weight is 279 g/mol. The van der Waals surface area contributed by atoms with Crippen molar-refractivity contribution in [2.45, 2.75) is 6.61 Å². The molecule has 3 nitrogen and oxygen atoms in total. The van der Waals surface area contributed by atoms with E-state index in [-0.39, 0.29) is 15.6 Å². The molecule has 0 aliphatic carbocycles. The summed E-state index contributed by atoms with van der Waals surface area (Å²) >= 11 is 6.77. The van der Waals surface area contributed by atoms with Crippen LogP contribution < -0.4 is 4.74 Å². The summed E-state index contributed by atoms with van der Waals surface area (Å²) in [6.45, 7) is -2.91. The first-order valence-electron chi connectivity index (χ1n) is 4.39. The highest BCUT2D eigenvalue weighted by molar-refractivity contribution is 7.21. The van der Waals surface area contributed by atoms with Gasteiger partial charge in [-0.3, -0.25) is 0 Å². The Labute approximate surface area is 103 Å². The molecule has 1 aromatic carbocycles. The molecule has 0 fully saturated rings. The van der Waals surface area contributed by atoms with Crippen molar-refractivity contribution in [3.05, 3.63) is 28.1 Å². The van der Waals surface area contributed by atoms with Crippen LogP contribution in [0.4, 0.5) is 8.78 Å². The van der Waals surface area contributed by atoms with E-state index < -0.39 is 12.6 Å². The molecule has 0 aliphatic rings. The molecule has 1 N–H and O–H groups in total. The maximum Gasteiger partial charge on any atom is 0.387 e. The molecule has 0 unspecified atom stereocenters. The fourth-order valence-electron chi connectivity index (χ4n) is 1.36. The minimum absolute atomic E-state index is 0.0177. The minimum Gasteiger partial charge on any atom is -0.477 e. The lowest BCUT2D eigenvalue weighted by Crippen LogP contribution is -2.01. The Bertz CT molecular complexity index is 582. The van der Waals surface area contributed by atoms with E-state index in [1.54, 1.807) is 0 Å². The molecule has 17 heavy (non-hydrogen) atoms. The Hall–Kier alpha value is -1.40. The number of ether oxygens (including phenoxy) is 1. The number of rotatable bonds is 3. The monoisotopic (exact) mass is 278 g/mol. The Morgan fingerprint density at radius 3 is 2.76 bits per heavy atom. The highest BCUT2D eigenvalue weighted by Gasteiger charge is 2.17. The predicted molar refractivity (Wildman–Crippen MR) is 60.4 cm³/mol. The lowest BCUT2D eigenvalue weighted by atomic mass is 10.2.